The highest BCUT2D eigenvalue weighted by Crippen LogP contribution is 2.34. The van der Waals surface area contributed by atoms with Gasteiger partial charge in [-0.2, -0.15) is 5.10 Å². The van der Waals surface area contributed by atoms with Gasteiger partial charge in [-0.05, 0) is 60.5 Å². The Balaban J connectivity index is 1.25. The molecule has 7 rings (SSSR count). The van der Waals surface area contributed by atoms with Gasteiger partial charge in [0.25, 0.3) is 0 Å². The maximum absolute atomic E-state index is 4.67. The molecule has 0 radical (unpaired) electrons. The summed E-state index contributed by atoms with van der Waals surface area (Å²) in [6.45, 7) is 2.15. The lowest BCUT2D eigenvalue weighted by Crippen LogP contribution is -2.06. The van der Waals surface area contributed by atoms with Crippen molar-refractivity contribution in [1.82, 2.24) is 30.1 Å². The molecule has 5 heterocycles. The van der Waals surface area contributed by atoms with Crippen molar-refractivity contribution in [3.05, 3.63) is 115 Å². The van der Waals surface area contributed by atoms with E-state index in [-0.39, 0.29) is 6.04 Å². The quantitative estimate of drug-likeness (QED) is 0.218. The van der Waals surface area contributed by atoms with Crippen LogP contribution in [-0.2, 0) is 0 Å². The molecule has 7 nitrogen and oxygen atoms in total. The maximum atomic E-state index is 4.67. The molecular formula is C32H25N7. The number of rotatable bonds is 6. The number of aromatic amines is 2. The first-order valence-corrected chi connectivity index (χ1v) is 12.9. The molecule has 188 valence electrons. The molecule has 0 saturated carbocycles. The van der Waals surface area contributed by atoms with Crippen LogP contribution in [0, 0.1) is 0 Å². The summed E-state index contributed by atoms with van der Waals surface area (Å²) >= 11 is 0. The van der Waals surface area contributed by atoms with Crippen molar-refractivity contribution in [3.8, 4) is 33.9 Å². The number of hydrogen-bond acceptors (Lipinski definition) is 5. The first-order valence-electron chi connectivity index (χ1n) is 12.9. The summed E-state index contributed by atoms with van der Waals surface area (Å²) in [7, 11) is 0. The second-order valence-corrected chi connectivity index (χ2v) is 9.59. The van der Waals surface area contributed by atoms with Crippen LogP contribution in [0.4, 0.5) is 5.69 Å². The number of anilines is 1. The molecule has 7 aromatic rings. The van der Waals surface area contributed by atoms with Gasteiger partial charge in [-0.1, -0.05) is 42.5 Å². The molecule has 1 atom stereocenters. The van der Waals surface area contributed by atoms with Gasteiger partial charge in [0.1, 0.15) is 5.69 Å². The van der Waals surface area contributed by atoms with E-state index in [2.05, 4.69) is 97.0 Å². The largest absolute Gasteiger partial charge is 0.377 e. The van der Waals surface area contributed by atoms with E-state index < -0.39 is 0 Å². The molecule has 1 unspecified atom stereocenters. The van der Waals surface area contributed by atoms with Crippen molar-refractivity contribution < 1.29 is 0 Å². The first kappa shape index (κ1) is 22.9. The van der Waals surface area contributed by atoms with Crippen LogP contribution in [0.25, 0.3) is 55.7 Å². The van der Waals surface area contributed by atoms with E-state index in [9.17, 15) is 0 Å². The summed E-state index contributed by atoms with van der Waals surface area (Å²) in [5, 5.41) is 13.5. The average molecular weight is 508 g/mol. The lowest BCUT2D eigenvalue weighted by molar-refractivity contribution is 0.883. The van der Waals surface area contributed by atoms with Crippen LogP contribution >= 0.6 is 0 Å². The second-order valence-electron chi connectivity index (χ2n) is 9.59. The molecule has 0 aliphatic heterocycles. The molecule has 3 N–H and O–H groups in total. The molecule has 5 aromatic heterocycles. The smallest absolute Gasteiger partial charge is 0.116 e. The third-order valence-corrected chi connectivity index (χ3v) is 7.03. The van der Waals surface area contributed by atoms with E-state index in [1.807, 2.05) is 42.7 Å². The molecule has 0 aliphatic rings. The van der Waals surface area contributed by atoms with Crippen LogP contribution in [0.3, 0.4) is 0 Å². The Morgan fingerprint density at radius 2 is 1.59 bits per heavy atom. The van der Waals surface area contributed by atoms with Gasteiger partial charge in [0.05, 0.1) is 28.3 Å². The normalized spacial score (nSPS) is 12.1. The van der Waals surface area contributed by atoms with E-state index in [0.29, 0.717) is 0 Å². The fraction of sp³-hybridized carbons (Fsp3) is 0.0625. The summed E-state index contributed by atoms with van der Waals surface area (Å²) in [6, 6.07) is 29.0. The van der Waals surface area contributed by atoms with Crippen LogP contribution < -0.4 is 5.32 Å². The molecule has 0 fully saturated rings. The number of pyridine rings is 3. The number of nitrogens with zero attached hydrogens (tertiary/aromatic N) is 4. The summed E-state index contributed by atoms with van der Waals surface area (Å²) in [4.78, 5) is 17.2. The predicted octanol–water partition coefficient (Wildman–Crippen LogP) is 7.40. The summed E-state index contributed by atoms with van der Waals surface area (Å²) in [5.41, 5.74) is 9.72. The minimum absolute atomic E-state index is 0.165. The van der Waals surface area contributed by atoms with Gasteiger partial charge >= 0.3 is 0 Å². The van der Waals surface area contributed by atoms with E-state index in [1.165, 1.54) is 5.56 Å². The Hall–Kier alpha value is -5.30. The summed E-state index contributed by atoms with van der Waals surface area (Å²) in [5.74, 6) is 0. The zero-order chi connectivity index (χ0) is 26.2. The van der Waals surface area contributed by atoms with Gasteiger partial charge in [0, 0.05) is 52.7 Å². The predicted molar refractivity (Wildman–Crippen MR) is 156 cm³/mol. The van der Waals surface area contributed by atoms with Crippen molar-refractivity contribution in [1.29, 1.82) is 0 Å². The van der Waals surface area contributed by atoms with Gasteiger partial charge in [0.2, 0.25) is 0 Å². The molecule has 39 heavy (non-hydrogen) atoms. The molecule has 7 heteroatoms. The zero-order valence-electron chi connectivity index (χ0n) is 21.3. The van der Waals surface area contributed by atoms with Crippen LogP contribution in [-0.4, -0.2) is 30.1 Å². The molecule has 0 bridgehead atoms. The highest BCUT2D eigenvalue weighted by Gasteiger charge is 2.15. The zero-order valence-corrected chi connectivity index (χ0v) is 21.3. The lowest BCUT2D eigenvalue weighted by atomic mass is 10.0. The van der Waals surface area contributed by atoms with E-state index in [4.69, 9.17) is 0 Å². The molecule has 2 aromatic carbocycles. The molecule has 0 saturated heterocycles. The van der Waals surface area contributed by atoms with Crippen molar-refractivity contribution in [2.24, 2.45) is 0 Å². The number of aromatic nitrogens is 6. The summed E-state index contributed by atoms with van der Waals surface area (Å²) in [6.07, 6.45) is 7.35. The Labute approximate surface area is 225 Å². The van der Waals surface area contributed by atoms with Crippen LogP contribution in [0.15, 0.2) is 110 Å². The van der Waals surface area contributed by atoms with Crippen LogP contribution in [0.5, 0.6) is 0 Å². The van der Waals surface area contributed by atoms with Crippen LogP contribution in [0.1, 0.15) is 18.5 Å². The Bertz CT molecular complexity index is 1910. The van der Waals surface area contributed by atoms with Crippen molar-refractivity contribution in [3.63, 3.8) is 0 Å². The fourth-order valence-electron chi connectivity index (χ4n) is 5.04. The van der Waals surface area contributed by atoms with Gasteiger partial charge in [0.15, 0.2) is 0 Å². The SMILES string of the molecule is CC(Nc1cncc(-c2ccc3[nH]nc(-c4cc5c(-c6ccccn6)nccc5[nH]4)c3c2)c1)c1ccccc1. The third-order valence-electron chi connectivity index (χ3n) is 7.03. The number of nitrogens with one attached hydrogen (secondary N) is 3. The molecular weight excluding hydrogens is 482 g/mol. The van der Waals surface area contributed by atoms with E-state index in [1.54, 1.807) is 12.4 Å². The van der Waals surface area contributed by atoms with Crippen molar-refractivity contribution in [2.45, 2.75) is 13.0 Å². The monoisotopic (exact) mass is 507 g/mol. The highest BCUT2D eigenvalue weighted by atomic mass is 15.1. The van der Waals surface area contributed by atoms with Gasteiger partial charge in [-0.15, -0.1) is 0 Å². The number of benzene rings is 2. The van der Waals surface area contributed by atoms with E-state index >= 15 is 0 Å². The number of H-pyrrole nitrogens is 2. The van der Waals surface area contributed by atoms with Crippen molar-refractivity contribution in [2.75, 3.05) is 5.32 Å². The number of fused-ring (bicyclic) bond motifs is 2. The topological polar surface area (TPSA) is 95.2 Å². The molecule has 0 spiro atoms. The standard InChI is InChI=1S/C32H25N7/c1-20(21-7-3-2-4-8-21)36-24-15-23(18-33-19-24)22-10-11-28-25(16-22)32(39-38-28)30-17-26-27(37-30)12-14-35-31(26)29-9-5-6-13-34-29/h2-20,36-37H,1H3,(H,38,39). The highest BCUT2D eigenvalue weighted by molar-refractivity contribution is 6.00. The van der Waals surface area contributed by atoms with Crippen molar-refractivity contribution >= 4 is 27.5 Å². The third kappa shape index (κ3) is 4.30. The minimum Gasteiger partial charge on any atom is -0.377 e. The fourth-order valence-corrected chi connectivity index (χ4v) is 5.04. The lowest BCUT2D eigenvalue weighted by Gasteiger charge is -2.16. The second kappa shape index (κ2) is 9.54. The van der Waals surface area contributed by atoms with E-state index in [0.717, 1.165) is 61.4 Å². The Kier molecular flexibility index (Phi) is 5.59. The van der Waals surface area contributed by atoms with Gasteiger partial charge in [-0.25, -0.2) is 0 Å². The number of hydrogen-bond donors (Lipinski definition) is 3. The summed E-state index contributed by atoms with van der Waals surface area (Å²) < 4.78 is 0. The Morgan fingerprint density at radius 1 is 0.718 bits per heavy atom. The molecule has 0 amide bonds. The molecule has 0 aliphatic carbocycles. The Morgan fingerprint density at radius 3 is 2.46 bits per heavy atom. The average Bonchev–Trinajstić information content (AvgIpc) is 3.62. The minimum atomic E-state index is 0.165. The first-order chi connectivity index (χ1) is 19.2. The van der Waals surface area contributed by atoms with Crippen LogP contribution in [0.2, 0.25) is 0 Å². The van der Waals surface area contributed by atoms with Gasteiger partial charge in [-0.3, -0.25) is 20.1 Å². The maximum Gasteiger partial charge on any atom is 0.116 e. The van der Waals surface area contributed by atoms with Gasteiger partial charge < -0.3 is 10.3 Å².